The lowest BCUT2D eigenvalue weighted by Gasteiger charge is -2.08. The summed E-state index contributed by atoms with van der Waals surface area (Å²) in [5.41, 5.74) is 2.51. The molecule has 1 aliphatic rings. The molecule has 3 aromatic rings. The molecular weight excluding hydrogens is 432 g/mol. The summed E-state index contributed by atoms with van der Waals surface area (Å²) in [7, 11) is 1.61. The van der Waals surface area contributed by atoms with Gasteiger partial charge in [-0.05, 0) is 65.9 Å². The molecule has 1 saturated heterocycles. The molecular formula is C24H19ClN2O3S. The molecule has 0 bridgehead atoms. The van der Waals surface area contributed by atoms with Gasteiger partial charge < -0.3 is 14.8 Å². The molecule has 0 spiro atoms. The summed E-state index contributed by atoms with van der Waals surface area (Å²) in [6, 6.07) is 22.5. The van der Waals surface area contributed by atoms with Crippen LogP contribution in [-0.2, 0) is 11.4 Å². The van der Waals surface area contributed by atoms with E-state index in [0.717, 1.165) is 22.6 Å². The van der Waals surface area contributed by atoms with Crippen molar-refractivity contribution < 1.29 is 14.3 Å². The number of amidine groups is 1. The minimum atomic E-state index is -0.181. The highest BCUT2D eigenvalue weighted by molar-refractivity contribution is 8.18. The summed E-state index contributed by atoms with van der Waals surface area (Å²) in [5, 5.41) is 4.00. The highest BCUT2D eigenvalue weighted by atomic mass is 35.5. The van der Waals surface area contributed by atoms with E-state index in [1.165, 1.54) is 11.8 Å². The van der Waals surface area contributed by atoms with Crippen LogP contribution < -0.4 is 14.8 Å². The molecule has 0 saturated carbocycles. The number of hydrogen-bond acceptors (Lipinski definition) is 5. The fraction of sp³-hybridized carbons (Fsp3) is 0.0833. The monoisotopic (exact) mass is 450 g/mol. The third-order valence-electron chi connectivity index (χ3n) is 4.46. The van der Waals surface area contributed by atoms with E-state index in [0.29, 0.717) is 27.5 Å². The third kappa shape index (κ3) is 5.48. The van der Waals surface area contributed by atoms with E-state index in [-0.39, 0.29) is 5.91 Å². The minimum Gasteiger partial charge on any atom is -0.497 e. The Labute approximate surface area is 189 Å². The summed E-state index contributed by atoms with van der Waals surface area (Å²) in [6.45, 7) is 0.369. The maximum absolute atomic E-state index is 12.4. The predicted octanol–water partition coefficient (Wildman–Crippen LogP) is 5.82. The number of hydrogen-bond donors (Lipinski definition) is 1. The molecule has 5 nitrogen and oxygen atoms in total. The number of carbonyl (C=O) groups excluding carboxylic acids is 1. The second-order valence-corrected chi connectivity index (χ2v) is 8.07. The van der Waals surface area contributed by atoms with Gasteiger partial charge in [-0.25, -0.2) is 4.99 Å². The Balaban J connectivity index is 1.45. The zero-order valence-electron chi connectivity index (χ0n) is 16.7. The van der Waals surface area contributed by atoms with Crippen molar-refractivity contribution in [2.75, 3.05) is 7.11 Å². The number of nitrogens with one attached hydrogen (secondary N) is 1. The fourth-order valence-corrected chi connectivity index (χ4v) is 3.91. The van der Waals surface area contributed by atoms with Crippen molar-refractivity contribution >= 4 is 46.2 Å². The second kappa shape index (κ2) is 9.73. The maximum Gasteiger partial charge on any atom is 0.264 e. The Hall–Kier alpha value is -3.22. The normalized spacial score (nSPS) is 15.9. The van der Waals surface area contributed by atoms with E-state index in [2.05, 4.69) is 10.3 Å². The van der Waals surface area contributed by atoms with Crippen LogP contribution in [0.15, 0.2) is 82.7 Å². The number of halogens is 1. The molecule has 0 aliphatic carbocycles. The van der Waals surface area contributed by atoms with Crippen LogP contribution in [0.4, 0.5) is 5.69 Å². The standard InChI is InChI=1S/C24H19ClN2O3S/c1-29-19-11-9-18(10-12-19)26-24-27-23(28)22(31-24)14-16-5-4-7-20(13-16)30-15-17-6-2-3-8-21(17)25/h2-14H,15H2,1H3,(H,26,27,28)/b22-14-. The van der Waals surface area contributed by atoms with Gasteiger partial charge in [-0.1, -0.05) is 41.9 Å². The van der Waals surface area contributed by atoms with E-state index >= 15 is 0 Å². The van der Waals surface area contributed by atoms with E-state index < -0.39 is 0 Å². The number of thioether (sulfide) groups is 1. The Kier molecular flexibility index (Phi) is 6.60. The molecule has 4 rings (SSSR count). The molecule has 1 N–H and O–H groups in total. The number of nitrogens with zero attached hydrogens (tertiary/aromatic N) is 1. The van der Waals surface area contributed by atoms with Crippen LogP contribution in [0.25, 0.3) is 6.08 Å². The first-order valence-corrected chi connectivity index (χ1v) is 10.7. The third-order valence-corrected chi connectivity index (χ3v) is 5.74. The van der Waals surface area contributed by atoms with Gasteiger partial charge in [0.1, 0.15) is 18.1 Å². The number of carbonyl (C=O) groups is 1. The summed E-state index contributed by atoms with van der Waals surface area (Å²) in [4.78, 5) is 17.4. The topological polar surface area (TPSA) is 59.9 Å². The molecule has 1 fully saturated rings. The van der Waals surface area contributed by atoms with Gasteiger partial charge in [0.05, 0.1) is 17.7 Å². The van der Waals surface area contributed by atoms with Gasteiger partial charge in [0.2, 0.25) is 0 Å². The highest BCUT2D eigenvalue weighted by Gasteiger charge is 2.23. The Morgan fingerprint density at radius 3 is 2.61 bits per heavy atom. The number of benzene rings is 3. The highest BCUT2D eigenvalue weighted by Crippen LogP contribution is 2.29. The minimum absolute atomic E-state index is 0.181. The largest absolute Gasteiger partial charge is 0.497 e. The predicted molar refractivity (Wildman–Crippen MR) is 126 cm³/mol. The zero-order valence-corrected chi connectivity index (χ0v) is 18.2. The van der Waals surface area contributed by atoms with Crippen molar-refractivity contribution in [3.8, 4) is 11.5 Å². The quantitative estimate of drug-likeness (QED) is 0.481. The Bertz CT molecular complexity index is 1160. The molecule has 7 heteroatoms. The van der Waals surface area contributed by atoms with Crippen molar-refractivity contribution in [3.05, 3.63) is 93.9 Å². The van der Waals surface area contributed by atoms with Crippen molar-refractivity contribution in [3.63, 3.8) is 0 Å². The van der Waals surface area contributed by atoms with Crippen LogP contribution in [0.2, 0.25) is 5.02 Å². The molecule has 31 heavy (non-hydrogen) atoms. The first kappa shape index (κ1) is 21.0. The second-order valence-electron chi connectivity index (χ2n) is 6.63. The van der Waals surface area contributed by atoms with Gasteiger partial charge in [0, 0.05) is 10.6 Å². The number of amides is 1. The Morgan fingerprint density at radius 2 is 1.84 bits per heavy atom. The van der Waals surface area contributed by atoms with E-state index in [9.17, 15) is 4.79 Å². The number of aliphatic imine (C=N–C) groups is 1. The van der Waals surface area contributed by atoms with Crippen molar-refractivity contribution in [2.45, 2.75) is 6.61 Å². The molecule has 0 radical (unpaired) electrons. The molecule has 156 valence electrons. The fourth-order valence-electron chi connectivity index (χ4n) is 2.88. The van der Waals surface area contributed by atoms with Gasteiger partial charge in [0.15, 0.2) is 5.17 Å². The van der Waals surface area contributed by atoms with Crippen molar-refractivity contribution in [2.24, 2.45) is 4.99 Å². The Morgan fingerprint density at radius 1 is 1.03 bits per heavy atom. The van der Waals surface area contributed by atoms with Crippen LogP contribution in [0.5, 0.6) is 11.5 Å². The van der Waals surface area contributed by atoms with E-state index in [1.54, 1.807) is 7.11 Å². The zero-order chi connectivity index (χ0) is 21.6. The van der Waals surface area contributed by atoms with Gasteiger partial charge in [0.25, 0.3) is 5.91 Å². The maximum atomic E-state index is 12.4. The molecule has 0 unspecified atom stereocenters. The van der Waals surface area contributed by atoms with Crippen LogP contribution in [0, 0.1) is 0 Å². The number of methoxy groups -OCH3 is 1. The first-order valence-electron chi connectivity index (χ1n) is 9.50. The molecule has 1 aliphatic heterocycles. The molecule has 0 aromatic heterocycles. The lowest BCUT2D eigenvalue weighted by molar-refractivity contribution is -0.115. The molecule has 3 aromatic carbocycles. The molecule has 0 atom stereocenters. The van der Waals surface area contributed by atoms with E-state index in [1.807, 2.05) is 78.9 Å². The average molecular weight is 451 g/mol. The van der Waals surface area contributed by atoms with Gasteiger partial charge >= 0.3 is 0 Å². The lowest BCUT2D eigenvalue weighted by atomic mass is 10.2. The summed E-state index contributed by atoms with van der Waals surface area (Å²) >= 11 is 7.48. The van der Waals surface area contributed by atoms with Crippen molar-refractivity contribution in [1.29, 1.82) is 0 Å². The van der Waals surface area contributed by atoms with Crippen LogP contribution in [0.3, 0.4) is 0 Å². The summed E-state index contributed by atoms with van der Waals surface area (Å²) < 4.78 is 11.0. The summed E-state index contributed by atoms with van der Waals surface area (Å²) in [6.07, 6.45) is 1.82. The van der Waals surface area contributed by atoms with Gasteiger partial charge in [-0.2, -0.15) is 0 Å². The smallest absolute Gasteiger partial charge is 0.264 e. The molecule has 1 amide bonds. The first-order chi connectivity index (χ1) is 15.1. The van der Waals surface area contributed by atoms with Gasteiger partial charge in [-0.3, -0.25) is 4.79 Å². The van der Waals surface area contributed by atoms with Crippen LogP contribution >= 0.6 is 23.4 Å². The molecule has 1 heterocycles. The number of ether oxygens (including phenoxy) is 2. The SMILES string of the molecule is COc1ccc(N=C2NC(=O)/C(=C/c3cccc(OCc4ccccc4Cl)c3)S2)cc1. The van der Waals surface area contributed by atoms with Gasteiger partial charge in [-0.15, -0.1) is 0 Å². The van der Waals surface area contributed by atoms with Crippen molar-refractivity contribution in [1.82, 2.24) is 5.32 Å². The average Bonchev–Trinajstić information content (AvgIpc) is 3.12. The van der Waals surface area contributed by atoms with Crippen LogP contribution in [0.1, 0.15) is 11.1 Å². The van der Waals surface area contributed by atoms with Crippen LogP contribution in [-0.4, -0.2) is 18.2 Å². The summed E-state index contributed by atoms with van der Waals surface area (Å²) in [5.74, 6) is 1.27. The van der Waals surface area contributed by atoms with E-state index in [4.69, 9.17) is 21.1 Å². The lowest BCUT2D eigenvalue weighted by Crippen LogP contribution is -2.19. The number of rotatable bonds is 6.